The van der Waals surface area contributed by atoms with Crippen LogP contribution in [0.5, 0.6) is 11.5 Å². The average Bonchev–Trinajstić information content (AvgIpc) is 2.60. The van der Waals surface area contributed by atoms with Gasteiger partial charge in [-0.2, -0.15) is 0 Å². The first-order valence-electron chi connectivity index (χ1n) is 7.26. The van der Waals surface area contributed by atoms with Gasteiger partial charge < -0.3 is 9.47 Å². The van der Waals surface area contributed by atoms with E-state index in [1.165, 1.54) is 0 Å². The maximum absolute atomic E-state index is 11.1. The van der Waals surface area contributed by atoms with Crippen molar-refractivity contribution in [1.29, 1.82) is 0 Å². The van der Waals surface area contributed by atoms with E-state index in [4.69, 9.17) is 9.47 Å². The van der Waals surface area contributed by atoms with Gasteiger partial charge in [0.2, 0.25) is 6.54 Å². The van der Waals surface area contributed by atoms with Crippen molar-refractivity contribution in [3.05, 3.63) is 64.8 Å². The minimum absolute atomic E-state index is 0.291. The molecule has 0 radical (unpaired) electrons. The summed E-state index contributed by atoms with van der Waals surface area (Å²) in [5.74, 6) is 1.36. The van der Waals surface area contributed by atoms with E-state index in [2.05, 4.69) is 50.2 Å². The van der Waals surface area contributed by atoms with Gasteiger partial charge in [0, 0.05) is 29.4 Å². The summed E-state index contributed by atoms with van der Waals surface area (Å²) < 4.78 is 12.4. The van der Waals surface area contributed by atoms with Gasteiger partial charge in [0.05, 0.1) is 14.2 Å². The summed E-state index contributed by atoms with van der Waals surface area (Å²) >= 11 is 4.35. The second-order valence-electron chi connectivity index (χ2n) is 5.08. The summed E-state index contributed by atoms with van der Waals surface area (Å²) in [6, 6.07) is 10.5. The number of halogens is 2. The lowest BCUT2D eigenvalue weighted by molar-refractivity contribution is -0.483. The fraction of sp³-hybridized carbons (Fsp3) is 0.235. The third-order valence-electron chi connectivity index (χ3n) is 3.48. The molecule has 0 saturated carbocycles. The monoisotopic (exact) mass is 566 g/mol. The highest BCUT2D eigenvalue weighted by Crippen LogP contribution is 2.28. The number of rotatable bonds is 7. The molecule has 0 bridgehead atoms. The van der Waals surface area contributed by atoms with Crippen molar-refractivity contribution in [2.45, 2.75) is 6.04 Å². The molecule has 8 heteroatoms. The van der Waals surface area contributed by atoms with E-state index in [0.29, 0.717) is 11.5 Å². The zero-order valence-corrected chi connectivity index (χ0v) is 17.9. The number of hydrogen-bond acceptors (Lipinski definition) is 5. The SMILES string of the molecule is COc1ccc(I)c(C=NC(C[N+](=O)[O-])c2cc(OC)ccc2I)c1. The molecule has 0 aliphatic carbocycles. The lowest BCUT2D eigenvalue weighted by atomic mass is 10.1. The Bertz CT molecular complexity index is 796. The van der Waals surface area contributed by atoms with Gasteiger partial charge in [0.1, 0.15) is 17.5 Å². The van der Waals surface area contributed by atoms with Crippen molar-refractivity contribution in [2.75, 3.05) is 20.8 Å². The molecule has 0 aromatic heterocycles. The third-order valence-corrected chi connectivity index (χ3v) is 5.45. The quantitative estimate of drug-likeness (QED) is 0.216. The van der Waals surface area contributed by atoms with Crippen molar-refractivity contribution in [1.82, 2.24) is 0 Å². The standard InChI is InChI=1S/C17H16I2N2O4/c1-24-12-3-5-15(18)11(7-12)9-20-17(10-21(22)23)14-8-13(25-2)4-6-16(14)19/h3-9,17H,10H2,1-2H3. The summed E-state index contributed by atoms with van der Waals surface area (Å²) in [6.45, 7) is -0.291. The Morgan fingerprint density at radius 1 is 1.12 bits per heavy atom. The van der Waals surface area contributed by atoms with Crippen LogP contribution in [-0.4, -0.2) is 31.9 Å². The second-order valence-corrected chi connectivity index (χ2v) is 7.41. The Morgan fingerprint density at radius 3 is 2.32 bits per heavy atom. The fourth-order valence-electron chi connectivity index (χ4n) is 2.19. The van der Waals surface area contributed by atoms with Crippen molar-refractivity contribution in [2.24, 2.45) is 4.99 Å². The molecular weight excluding hydrogens is 550 g/mol. The number of nitro groups is 1. The second kappa shape index (κ2) is 9.32. The molecule has 6 nitrogen and oxygen atoms in total. The summed E-state index contributed by atoms with van der Waals surface area (Å²) in [4.78, 5) is 15.2. The first-order valence-corrected chi connectivity index (χ1v) is 9.42. The summed E-state index contributed by atoms with van der Waals surface area (Å²) in [6.07, 6.45) is 1.66. The molecule has 25 heavy (non-hydrogen) atoms. The van der Waals surface area contributed by atoms with E-state index < -0.39 is 6.04 Å². The maximum Gasteiger partial charge on any atom is 0.230 e. The fourth-order valence-corrected chi connectivity index (χ4v) is 3.36. The molecule has 0 saturated heterocycles. The van der Waals surface area contributed by atoms with Crippen LogP contribution in [-0.2, 0) is 0 Å². The van der Waals surface area contributed by atoms with Gasteiger partial charge in [-0.15, -0.1) is 0 Å². The molecule has 0 amide bonds. The zero-order chi connectivity index (χ0) is 18.4. The van der Waals surface area contributed by atoms with Crippen LogP contribution in [0.15, 0.2) is 41.4 Å². The molecular formula is C17H16I2N2O4. The molecule has 0 spiro atoms. The van der Waals surface area contributed by atoms with Gasteiger partial charge in [-0.05, 0) is 81.6 Å². The lowest BCUT2D eigenvalue weighted by Crippen LogP contribution is -2.12. The largest absolute Gasteiger partial charge is 0.497 e. The minimum Gasteiger partial charge on any atom is -0.497 e. The summed E-state index contributed by atoms with van der Waals surface area (Å²) in [7, 11) is 3.16. The van der Waals surface area contributed by atoms with E-state index in [1.54, 1.807) is 26.5 Å². The zero-order valence-electron chi connectivity index (χ0n) is 13.6. The number of ether oxygens (including phenoxy) is 2. The lowest BCUT2D eigenvalue weighted by Gasteiger charge is -2.13. The molecule has 0 aliphatic heterocycles. The van der Waals surface area contributed by atoms with Crippen LogP contribution in [0.3, 0.4) is 0 Å². The molecule has 0 aliphatic rings. The molecule has 2 rings (SSSR count). The first-order chi connectivity index (χ1) is 11.9. The Kier molecular flexibility index (Phi) is 7.41. The van der Waals surface area contributed by atoms with Gasteiger partial charge in [-0.25, -0.2) is 0 Å². The first kappa shape index (κ1) is 19.9. The van der Waals surface area contributed by atoms with E-state index in [0.717, 1.165) is 18.3 Å². The van der Waals surface area contributed by atoms with Crippen LogP contribution in [0.1, 0.15) is 17.2 Å². The maximum atomic E-state index is 11.1. The van der Waals surface area contributed by atoms with Crippen molar-refractivity contribution < 1.29 is 14.4 Å². The molecule has 1 unspecified atom stereocenters. The van der Waals surface area contributed by atoms with Gasteiger partial charge in [0.15, 0.2) is 0 Å². The Morgan fingerprint density at radius 2 is 1.72 bits per heavy atom. The Hall–Kier alpha value is -1.43. The summed E-state index contributed by atoms with van der Waals surface area (Å²) in [5.41, 5.74) is 1.62. The predicted octanol–water partition coefficient (Wildman–Crippen LogP) is 4.35. The van der Waals surface area contributed by atoms with E-state index in [9.17, 15) is 10.1 Å². The van der Waals surface area contributed by atoms with Crippen LogP contribution in [0.4, 0.5) is 0 Å². The highest BCUT2D eigenvalue weighted by atomic mass is 127. The molecule has 2 aromatic carbocycles. The molecule has 0 N–H and O–H groups in total. The van der Waals surface area contributed by atoms with Crippen molar-refractivity contribution in [3.8, 4) is 11.5 Å². The highest BCUT2D eigenvalue weighted by Gasteiger charge is 2.20. The third kappa shape index (κ3) is 5.53. The predicted molar refractivity (Wildman–Crippen MR) is 114 cm³/mol. The van der Waals surface area contributed by atoms with Crippen LogP contribution in [0, 0.1) is 17.3 Å². The number of aliphatic imine (C=N–C) groups is 1. The van der Waals surface area contributed by atoms with Crippen LogP contribution in [0.25, 0.3) is 0 Å². The highest BCUT2D eigenvalue weighted by molar-refractivity contribution is 14.1. The normalized spacial score (nSPS) is 12.2. The average molecular weight is 566 g/mol. The smallest absolute Gasteiger partial charge is 0.230 e. The van der Waals surface area contributed by atoms with E-state index in [1.807, 2.05) is 30.3 Å². The van der Waals surface area contributed by atoms with E-state index in [-0.39, 0.29) is 11.5 Å². The van der Waals surface area contributed by atoms with Gasteiger partial charge in [-0.3, -0.25) is 15.1 Å². The van der Waals surface area contributed by atoms with Crippen molar-refractivity contribution >= 4 is 51.4 Å². The minimum atomic E-state index is -0.598. The molecule has 1 atom stereocenters. The molecule has 0 fully saturated rings. The van der Waals surface area contributed by atoms with Gasteiger partial charge in [-0.1, -0.05) is 0 Å². The number of methoxy groups -OCH3 is 2. The number of benzene rings is 2. The molecule has 0 heterocycles. The van der Waals surface area contributed by atoms with Crippen LogP contribution < -0.4 is 9.47 Å². The van der Waals surface area contributed by atoms with Crippen molar-refractivity contribution in [3.63, 3.8) is 0 Å². The van der Waals surface area contributed by atoms with Gasteiger partial charge in [0.25, 0.3) is 0 Å². The summed E-state index contributed by atoms with van der Waals surface area (Å²) in [5, 5.41) is 11.1. The van der Waals surface area contributed by atoms with Crippen LogP contribution in [0.2, 0.25) is 0 Å². The number of nitrogens with zero attached hydrogens (tertiary/aromatic N) is 2. The van der Waals surface area contributed by atoms with Crippen LogP contribution >= 0.6 is 45.2 Å². The Labute approximate surface area is 173 Å². The topological polar surface area (TPSA) is 74.0 Å². The van der Waals surface area contributed by atoms with Gasteiger partial charge >= 0.3 is 0 Å². The Balaban J connectivity index is 2.40. The van der Waals surface area contributed by atoms with E-state index >= 15 is 0 Å². The number of hydrogen-bond donors (Lipinski definition) is 0. The molecule has 2 aromatic rings. The molecule has 132 valence electrons.